The van der Waals surface area contributed by atoms with Crippen LogP contribution in [0.15, 0.2) is 41.6 Å². The van der Waals surface area contributed by atoms with Gasteiger partial charge in [-0.3, -0.25) is 9.36 Å². The molecule has 3 aromatic rings. The fourth-order valence-electron chi connectivity index (χ4n) is 3.35. The zero-order chi connectivity index (χ0) is 23.5. The maximum absolute atomic E-state index is 14.9. The SMILES string of the molecule is COc1cc(-c2nnc(SC(C)C(=O)NC3CC3)n2-c2ccccc2F)cc(OC)c1OC. The third kappa shape index (κ3) is 4.75. The monoisotopic (exact) mass is 472 g/mol. The number of ether oxygens (including phenoxy) is 3. The van der Waals surface area contributed by atoms with Crippen LogP contribution in [0.4, 0.5) is 4.39 Å². The molecular formula is C23H25FN4O4S. The van der Waals surface area contributed by atoms with E-state index in [1.807, 2.05) is 0 Å². The van der Waals surface area contributed by atoms with Gasteiger partial charge in [-0.15, -0.1) is 10.2 Å². The van der Waals surface area contributed by atoms with Crippen molar-refractivity contribution in [1.29, 1.82) is 0 Å². The number of methoxy groups -OCH3 is 3. The standard InChI is InChI=1S/C23H25FN4O4S/c1-13(22(29)25-15-9-10-15)33-23-27-26-21(28(23)17-8-6-5-7-16(17)24)14-11-18(30-2)20(32-4)19(12-14)31-3/h5-8,11-13,15H,9-10H2,1-4H3,(H,25,29). The van der Waals surface area contributed by atoms with Crippen LogP contribution in [0.3, 0.4) is 0 Å². The number of aromatic nitrogens is 3. The molecule has 33 heavy (non-hydrogen) atoms. The summed E-state index contributed by atoms with van der Waals surface area (Å²) in [6.45, 7) is 1.79. The van der Waals surface area contributed by atoms with E-state index in [4.69, 9.17) is 14.2 Å². The van der Waals surface area contributed by atoms with Crippen LogP contribution < -0.4 is 19.5 Å². The Morgan fingerprint density at radius 3 is 2.36 bits per heavy atom. The number of rotatable bonds is 9. The normalized spacial score (nSPS) is 14.0. The predicted molar refractivity (Wildman–Crippen MR) is 123 cm³/mol. The van der Waals surface area contributed by atoms with E-state index in [1.165, 1.54) is 39.2 Å². The summed E-state index contributed by atoms with van der Waals surface area (Å²) in [6, 6.07) is 10.0. The maximum atomic E-state index is 14.9. The largest absolute Gasteiger partial charge is 0.493 e. The van der Waals surface area contributed by atoms with Gasteiger partial charge in [0.25, 0.3) is 0 Å². The summed E-state index contributed by atoms with van der Waals surface area (Å²) < 4.78 is 32.8. The molecule has 1 fully saturated rings. The number of halogens is 1. The number of nitrogens with one attached hydrogen (secondary N) is 1. The van der Waals surface area contributed by atoms with Crippen LogP contribution in [0.2, 0.25) is 0 Å². The average molecular weight is 473 g/mol. The van der Waals surface area contributed by atoms with E-state index in [1.54, 1.807) is 41.8 Å². The summed E-state index contributed by atoms with van der Waals surface area (Å²) in [6.07, 6.45) is 2.00. The molecule has 0 radical (unpaired) electrons. The Morgan fingerprint density at radius 2 is 1.79 bits per heavy atom. The highest BCUT2D eigenvalue weighted by molar-refractivity contribution is 8.00. The number of amides is 1. The minimum Gasteiger partial charge on any atom is -0.493 e. The van der Waals surface area contributed by atoms with Crippen molar-refractivity contribution in [3.8, 4) is 34.3 Å². The Bertz CT molecular complexity index is 1140. The Kier molecular flexibility index (Phi) is 6.73. The molecule has 1 saturated carbocycles. The summed E-state index contributed by atoms with van der Waals surface area (Å²) >= 11 is 1.22. The molecule has 1 atom stereocenters. The minimum atomic E-state index is -0.442. The molecule has 1 aliphatic carbocycles. The van der Waals surface area contributed by atoms with Crippen molar-refractivity contribution in [2.45, 2.75) is 36.2 Å². The molecule has 8 nitrogen and oxygen atoms in total. The zero-order valence-corrected chi connectivity index (χ0v) is 19.6. The smallest absolute Gasteiger partial charge is 0.233 e. The third-order valence-corrected chi connectivity index (χ3v) is 6.27. The van der Waals surface area contributed by atoms with E-state index in [2.05, 4.69) is 15.5 Å². The fraction of sp³-hybridized carbons (Fsp3) is 0.348. The highest BCUT2D eigenvalue weighted by Crippen LogP contribution is 2.42. The van der Waals surface area contributed by atoms with Crippen molar-refractivity contribution in [2.24, 2.45) is 0 Å². The Morgan fingerprint density at radius 1 is 1.12 bits per heavy atom. The molecule has 1 amide bonds. The second-order valence-electron chi connectivity index (χ2n) is 7.55. The summed E-state index contributed by atoms with van der Waals surface area (Å²) in [7, 11) is 4.55. The van der Waals surface area contributed by atoms with Crippen molar-refractivity contribution >= 4 is 17.7 Å². The average Bonchev–Trinajstić information content (AvgIpc) is 3.55. The van der Waals surface area contributed by atoms with Gasteiger partial charge in [-0.1, -0.05) is 23.9 Å². The number of thioether (sulfide) groups is 1. The first kappa shape index (κ1) is 22.9. The van der Waals surface area contributed by atoms with E-state index in [-0.39, 0.29) is 17.6 Å². The van der Waals surface area contributed by atoms with Crippen molar-refractivity contribution in [1.82, 2.24) is 20.1 Å². The first-order valence-electron chi connectivity index (χ1n) is 10.4. The van der Waals surface area contributed by atoms with Crippen molar-refractivity contribution < 1.29 is 23.4 Å². The second kappa shape index (κ2) is 9.70. The molecule has 10 heteroatoms. The van der Waals surface area contributed by atoms with E-state index >= 15 is 0 Å². The highest BCUT2D eigenvalue weighted by Gasteiger charge is 2.28. The summed E-state index contributed by atoms with van der Waals surface area (Å²) in [5.41, 5.74) is 0.853. The molecule has 0 aliphatic heterocycles. The molecule has 1 unspecified atom stereocenters. The molecule has 2 aromatic carbocycles. The van der Waals surface area contributed by atoms with E-state index < -0.39 is 11.1 Å². The van der Waals surface area contributed by atoms with Gasteiger partial charge in [0.1, 0.15) is 5.82 Å². The van der Waals surface area contributed by atoms with Crippen molar-refractivity contribution in [3.63, 3.8) is 0 Å². The number of carbonyl (C=O) groups excluding carboxylic acids is 1. The topological polar surface area (TPSA) is 87.5 Å². The highest BCUT2D eigenvalue weighted by atomic mass is 32.2. The Hall–Kier alpha value is -3.27. The fourth-order valence-corrected chi connectivity index (χ4v) is 4.22. The van der Waals surface area contributed by atoms with Crippen LogP contribution in [0, 0.1) is 5.82 Å². The van der Waals surface area contributed by atoms with Crippen LogP contribution in [0.5, 0.6) is 17.2 Å². The van der Waals surface area contributed by atoms with E-state index in [9.17, 15) is 9.18 Å². The quantitative estimate of drug-likeness (QED) is 0.473. The van der Waals surface area contributed by atoms with Crippen LogP contribution in [0.25, 0.3) is 17.1 Å². The number of carbonyl (C=O) groups is 1. The zero-order valence-electron chi connectivity index (χ0n) is 18.8. The first-order chi connectivity index (χ1) is 16.0. The lowest BCUT2D eigenvalue weighted by Crippen LogP contribution is -2.32. The van der Waals surface area contributed by atoms with Gasteiger partial charge in [0.15, 0.2) is 22.5 Å². The van der Waals surface area contributed by atoms with Crippen molar-refractivity contribution in [3.05, 3.63) is 42.2 Å². The molecule has 1 aromatic heterocycles. The lowest BCUT2D eigenvalue weighted by Gasteiger charge is -2.16. The van der Waals surface area contributed by atoms with Crippen LogP contribution in [0.1, 0.15) is 19.8 Å². The molecule has 0 bridgehead atoms. The second-order valence-corrected chi connectivity index (χ2v) is 8.86. The van der Waals surface area contributed by atoms with Gasteiger partial charge in [-0.25, -0.2) is 4.39 Å². The number of hydrogen-bond donors (Lipinski definition) is 1. The number of nitrogens with zero attached hydrogens (tertiary/aromatic N) is 3. The molecule has 0 spiro atoms. The number of para-hydroxylation sites is 1. The summed E-state index contributed by atoms with van der Waals surface area (Å²) in [5, 5.41) is 11.6. The van der Waals surface area contributed by atoms with Gasteiger partial charge < -0.3 is 19.5 Å². The molecule has 4 rings (SSSR count). The lowest BCUT2D eigenvalue weighted by molar-refractivity contribution is -0.120. The van der Waals surface area contributed by atoms with Gasteiger partial charge in [0, 0.05) is 11.6 Å². The Balaban J connectivity index is 1.81. The lowest BCUT2D eigenvalue weighted by atomic mass is 10.1. The first-order valence-corrected chi connectivity index (χ1v) is 11.3. The molecular weight excluding hydrogens is 447 g/mol. The number of hydrogen-bond acceptors (Lipinski definition) is 7. The van der Waals surface area contributed by atoms with Gasteiger partial charge in [-0.05, 0) is 44.0 Å². The number of benzene rings is 2. The van der Waals surface area contributed by atoms with E-state index in [0.29, 0.717) is 33.8 Å². The van der Waals surface area contributed by atoms with E-state index in [0.717, 1.165) is 12.8 Å². The molecule has 1 N–H and O–H groups in total. The molecule has 1 aliphatic rings. The van der Waals surface area contributed by atoms with Gasteiger partial charge in [0.05, 0.1) is 32.3 Å². The third-order valence-electron chi connectivity index (χ3n) is 5.22. The molecule has 0 saturated heterocycles. The Labute approximate surface area is 195 Å². The van der Waals surface area contributed by atoms with Crippen molar-refractivity contribution in [2.75, 3.05) is 21.3 Å². The van der Waals surface area contributed by atoms with Gasteiger partial charge in [0.2, 0.25) is 11.7 Å². The van der Waals surface area contributed by atoms with Crippen LogP contribution in [-0.2, 0) is 4.79 Å². The van der Waals surface area contributed by atoms with Gasteiger partial charge >= 0.3 is 0 Å². The molecule has 1 heterocycles. The van der Waals surface area contributed by atoms with Gasteiger partial charge in [-0.2, -0.15) is 0 Å². The minimum absolute atomic E-state index is 0.0834. The predicted octanol–water partition coefficient (Wildman–Crippen LogP) is 3.86. The van der Waals surface area contributed by atoms with Crippen LogP contribution in [-0.4, -0.2) is 53.3 Å². The summed E-state index contributed by atoms with van der Waals surface area (Å²) in [5.74, 6) is 1.14. The molecule has 174 valence electrons. The summed E-state index contributed by atoms with van der Waals surface area (Å²) in [4.78, 5) is 12.5. The van der Waals surface area contributed by atoms with Crippen LogP contribution >= 0.6 is 11.8 Å². The maximum Gasteiger partial charge on any atom is 0.233 e.